The second kappa shape index (κ2) is 9.05. The molecule has 1 N–H and O–H groups in total. The van der Waals surface area contributed by atoms with Crippen molar-refractivity contribution in [3.63, 3.8) is 0 Å². The molecule has 3 aromatic carbocycles. The van der Waals surface area contributed by atoms with Crippen LogP contribution in [0.15, 0.2) is 96.1 Å². The zero-order valence-corrected chi connectivity index (χ0v) is 14.9. The summed E-state index contributed by atoms with van der Waals surface area (Å²) in [4.78, 5) is 22.5. The fraction of sp³-hybridized carbons (Fsp3) is 0. The molecule has 0 unspecified atom stereocenters. The van der Waals surface area contributed by atoms with Crippen molar-refractivity contribution < 1.29 is 9.72 Å². The van der Waals surface area contributed by atoms with Gasteiger partial charge in [-0.1, -0.05) is 66.7 Å². The third-order valence-electron chi connectivity index (χ3n) is 3.92. The highest BCUT2D eigenvalue weighted by molar-refractivity contribution is 6.11. The largest absolute Gasteiger partial charge is 0.271 e. The van der Waals surface area contributed by atoms with E-state index in [-0.39, 0.29) is 11.3 Å². The monoisotopic (exact) mass is 371 g/mol. The predicted molar refractivity (Wildman–Crippen MR) is 109 cm³/mol. The van der Waals surface area contributed by atoms with Gasteiger partial charge in [0.1, 0.15) is 0 Å². The van der Waals surface area contributed by atoms with Gasteiger partial charge in [0.05, 0.1) is 10.6 Å². The van der Waals surface area contributed by atoms with Crippen LogP contribution in [0.25, 0.3) is 6.08 Å². The second-order valence-electron chi connectivity index (χ2n) is 5.85. The Morgan fingerprint density at radius 3 is 2.07 bits per heavy atom. The smallest absolute Gasteiger partial charge is 0.267 e. The van der Waals surface area contributed by atoms with Crippen LogP contribution in [0, 0.1) is 10.1 Å². The molecule has 0 bridgehead atoms. The minimum Gasteiger partial charge on any atom is -0.267 e. The maximum Gasteiger partial charge on any atom is 0.271 e. The van der Waals surface area contributed by atoms with Gasteiger partial charge < -0.3 is 0 Å². The van der Waals surface area contributed by atoms with Crippen LogP contribution in [0.3, 0.4) is 0 Å². The molecule has 0 fully saturated rings. The molecule has 0 saturated heterocycles. The quantitative estimate of drug-likeness (QED) is 0.395. The van der Waals surface area contributed by atoms with Gasteiger partial charge in [0.15, 0.2) is 0 Å². The second-order valence-corrected chi connectivity index (χ2v) is 5.85. The van der Waals surface area contributed by atoms with Crippen molar-refractivity contribution in [2.45, 2.75) is 0 Å². The average Bonchev–Trinajstić information content (AvgIpc) is 2.75. The van der Waals surface area contributed by atoms with Crippen LogP contribution < -0.4 is 5.43 Å². The summed E-state index contributed by atoms with van der Waals surface area (Å²) in [6.45, 7) is 0. The summed E-state index contributed by atoms with van der Waals surface area (Å²) in [5, 5.41) is 15.0. The molecule has 0 aliphatic carbocycles. The first-order chi connectivity index (χ1) is 13.6. The van der Waals surface area contributed by atoms with Crippen LogP contribution in [-0.2, 0) is 0 Å². The first-order valence-electron chi connectivity index (χ1n) is 8.54. The van der Waals surface area contributed by atoms with Gasteiger partial charge in [0.25, 0.3) is 11.6 Å². The number of nitrogens with zero attached hydrogens (tertiary/aromatic N) is 2. The van der Waals surface area contributed by atoms with E-state index in [1.807, 2.05) is 72.8 Å². The van der Waals surface area contributed by atoms with Crippen LogP contribution >= 0.6 is 0 Å². The van der Waals surface area contributed by atoms with Gasteiger partial charge in [-0.3, -0.25) is 14.9 Å². The Bertz CT molecular complexity index is 1010. The van der Waals surface area contributed by atoms with E-state index in [1.165, 1.54) is 24.3 Å². The van der Waals surface area contributed by atoms with E-state index in [0.717, 1.165) is 11.1 Å². The van der Waals surface area contributed by atoms with Crippen molar-refractivity contribution in [1.82, 2.24) is 5.43 Å². The molecule has 0 radical (unpaired) electrons. The fourth-order valence-electron chi connectivity index (χ4n) is 2.46. The number of rotatable bonds is 6. The molecule has 0 aliphatic rings. The van der Waals surface area contributed by atoms with E-state index >= 15 is 0 Å². The number of carbonyl (C=O) groups excluding carboxylic acids is 1. The Hall–Kier alpha value is -4.06. The Morgan fingerprint density at radius 1 is 0.857 bits per heavy atom. The Kier molecular flexibility index (Phi) is 6.05. The Morgan fingerprint density at radius 2 is 1.46 bits per heavy atom. The molecule has 138 valence electrons. The van der Waals surface area contributed by atoms with Gasteiger partial charge >= 0.3 is 0 Å². The summed E-state index contributed by atoms with van der Waals surface area (Å²) in [6, 6.07) is 24.6. The number of nitro groups is 1. The standard InChI is InChI=1S/C22H17N3O3/c26-22(19-12-14-20(15-13-19)25(27)28)24-23-21(18-9-5-2-6-10-18)16-11-17-7-3-1-4-8-17/h1-16H,(H,24,26)/b16-11+,23-21+. The summed E-state index contributed by atoms with van der Waals surface area (Å²) >= 11 is 0. The van der Waals surface area contributed by atoms with Gasteiger partial charge in [-0.05, 0) is 23.8 Å². The highest BCUT2D eigenvalue weighted by Gasteiger charge is 2.09. The fourth-order valence-corrected chi connectivity index (χ4v) is 2.46. The lowest BCUT2D eigenvalue weighted by Gasteiger charge is -2.04. The van der Waals surface area contributed by atoms with Crippen LogP contribution in [0.1, 0.15) is 21.5 Å². The van der Waals surface area contributed by atoms with Crippen LogP contribution in [0.4, 0.5) is 5.69 Å². The highest BCUT2D eigenvalue weighted by atomic mass is 16.6. The van der Waals surface area contributed by atoms with Crippen molar-refractivity contribution >= 4 is 23.4 Å². The van der Waals surface area contributed by atoms with Crippen LogP contribution in [0.2, 0.25) is 0 Å². The first kappa shape index (κ1) is 18.7. The van der Waals surface area contributed by atoms with Crippen molar-refractivity contribution in [3.05, 3.63) is 118 Å². The van der Waals surface area contributed by atoms with Crippen molar-refractivity contribution in [3.8, 4) is 0 Å². The van der Waals surface area contributed by atoms with E-state index in [4.69, 9.17) is 0 Å². The SMILES string of the molecule is O=C(N/N=C(\C=C\c1ccccc1)c1ccccc1)c1ccc([N+](=O)[O-])cc1. The number of hydrogen-bond donors (Lipinski definition) is 1. The molecule has 0 aromatic heterocycles. The summed E-state index contributed by atoms with van der Waals surface area (Å²) in [7, 11) is 0. The highest BCUT2D eigenvalue weighted by Crippen LogP contribution is 2.12. The molecule has 6 nitrogen and oxygen atoms in total. The molecule has 1 amide bonds. The number of allylic oxidation sites excluding steroid dienone is 1. The van der Waals surface area contributed by atoms with Gasteiger partial charge in [-0.15, -0.1) is 0 Å². The van der Waals surface area contributed by atoms with Gasteiger partial charge in [0, 0.05) is 23.3 Å². The average molecular weight is 371 g/mol. The Balaban J connectivity index is 1.81. The summed E-state index contributed by atoms with van der Waals surface area (Å²) in [5.41, 5.74) is 5.16. The van der Waals surface area contributed by atoms with E-state index in [9.17, 15) is 14.9 Å². The lowest BCUT2D eigenvalue weighted by atomic mass is 10.1. The van der Waals surface area contributed by atoms with Crippen molar-refractivity contribution in [1.29, 1.82) is 0 Å². The molecular formula is C22H17N3O3. The molecule has 3 rings (SSSR count). The van der Waals surface area contributed by atoms with E-state index in [0.29, 0.717) is 5.71 Å². The molecule has 0 atom stereocenters. The summed E-state index contributed by atoms with van der Waals surface area (Å²) in [5.74, 6) is -0.448. The zero-order chi connectivity index (χ0) is 19.8. The lowest BCUT2D eigenvalue weighted by molar-refractivity contribution is -0.384. The molecular weight excluding hydrogens is 354 g/mol. The number of carbonyl (C=O) groups is 1. The Labute approximate surface area is 162 Å². The number of nitro benzene ring substituents is 1. The van der Waals surface area contributed by atoms with Crippen LogP contribution in [-0.4, -0.2) is 16.5 Å². The molecule has 3 aromatic rings. The third-order valence-corrected chi connectivity index (χ3v) is 3.92. The minimum absolute atomic E-state index is 0.0733. The predicted octanol–water partition coefficient (Wildman–Crippen LogP) is 4.44. The first-order valence-corrected chi connectivity index (χ1v) is 8.54. The molecule has 0 heterocycles. The molecule has 0 saturated carbocycles. The molecule has 28 heavy (non-hydrogen) atoms. The number of amides is 1. The van der Waals surface area contributed by atoms with Gasteiger partial charge in [0.2, 0.25) is 0 Å². The number of nitrogens with one attached hydrogen (secondary N) is 1. The minimum atomic E-state index is -0.512. The number of hydrazone groups is 1. The van der Waals surface area contributed by atoms with Crippen LogP contribution in [0.5, 0.6) is 0 Å². The topological polar surface area (TPSA) is 84.6 Å². The maximum atomic E-state index is 12.3. The molecule has 6 heteroatoms. The van der Waals surface area contributed by atoms with Crippen molar-refractivity contribution in [2.24, 2.45) is 5.10 Å². The number of non-ortho nitro benzene ring substituents is 1. The molecule has 0 spiro atoms. The third kappa shape index (κ3) is 4.98. The van der Waals surface area contributed by atoms with Crippen molar-refractivity contribution in [2.75, 3.05) is 0 Å². The van der Waals surface area contributed by atoms with Gasteiger partial charge in [-0.2, -0.15) is 5.10 Å². The van der Waals surface area contributed by atoms with E-state index < -0.39 is 10.8 Å². The number of benzene rings is 3. The summed E-state index contributed by atoms with van der Waals surface area (Å²) < 4.78 is 0. The summed E-state index contributed by atoms with van der Waals surface area (Å²) in [6.07, 6.45) is 3.73. The zero-order valence-electron chi connectivity index (χ0n) is 14.9. The molecule has 0 aliphatic heterocycles. The van der Waals surface area contributed by atoms with E-state index in [1.54, 1.807) is 0 Å². The van der Waals surface area contributed by atoms with E-state index in [2.05, 4.69) is 10.5 Å². The maximum absolute atomic E-state index is 12.3. The van der Waals surface area contributed by atoms with Gasteiger partial charge in [-0.25, -0.2) is 5.43 Å². The number of hydrogen-bond acceptors (Lipinski definition) is 4. The lowest BCUT2D eigenvalue weighted by Crippen LogP contribution is -2.19. The normalized spacial score (nSPS) is 11.4.